The van der Waals surface area contributed by atoms with E-state index in [-0.39, 0.29) is 22.4 Å². The molecule has 0 radical (unpaired) electrons. The molecule has 10 heavy (non-hydrogen) atoms. The fourth-order valence-corrected chi connectivity index (χ4v) is 1.01. The van der Waals surface area contributed by atoms with E-state index in [9.17, 15) is 4.79 Å². The van der Waals surface area contributed by atoms with Gasteiger partial charge < -0.3 is 4.57 Å². The number of hydrogen-bond donors (Lipinski definition) is 0. The van der Waals surface area contributed by atoms with Gasteiger partial charge in [0.05, 0.1) is 4.47 Å². The predicted molar refractivity (Wildman–Crippen MR) is 49.7 cm³/mol. The summed E-state index contributed by atoms with van der Waals surface area (Å²) in [4.78, 5) is 10.7. The van der Waals surface area contributed by atoms with Crippen LogP contribution in [0.4, 0.5) is 0 Å². The third-order valence-corrected chi connectivity index (χ3v) is 1.61. The van der Waals surface area contributed by atoms with Crippen molar-refractivity contribution in [3.63, 3.8) is 0 Å². The molecule has 0 aliphatic carbocycles. The first-order valence-corrected chi connectivity index (χ1v) is 3.31. The van der Waals surface area contributed by atoms with Gasteiger partial charge in [-0.3, -0.25) is 4.79 Å². The van der Waals surface area contributed by atoms with Crippen molar-refractivity contribution in [3.05, 3.63) is 33.2 Å². The van der Waals surface area contributed by atoms with Gasteiger partial charge in [-0.25, -0.2) is 0 Å². The molecule has 1 heterocycles. The number of aromatic nitrogens is 1. The van der Waals surface area contributed by atoms with E-state index >= 15 is 0 Å². The maximum absolute atomic E-state index is 10.7. The van der Waals surface area contributed by atoms with Gasteiger partial charge in [0.15, 0.2) is 5.43 Å². The SMILES string of the molecule is Br.Cn1ccc(=O)c(Br)c1. The van der Waals surface area contributed by atoms with Crippen LogP contribution in [0.15, 0.2) is 27.7 Å². The van der Waals surface area contributed by atoms with Crippen molar-refractivity contribution in [1.82, 2.24) is 4.57 Å². The van der Waals surface area contributed by atoms with E-state index in [1.807, 2.05) is 11.6 Å². The Bertz CT molecular complexity index is 269. The van der Waals surface area contributed by atoms with Crippen LogP contribution in [0.1, 0.15) is 0 Å². The second-order valence-corrected chi connectivity index (χ2v) is 2.68. The summed E-state index contributed by atoms with van der Waals surface area (Å²) in [5.74, 6) is 0. The molecule has 1 rings (SSSR count). The van der Waals surface area contributed by atoms with Gasteiger partial charge in [-0.15, -0.1) is 17.0 Å². The monoisotopic (exact) mass is 267 g/mol. The van der Waals surface area contributed by atoms with Crippen LogP contribution in [0.2, 0.25) is 0 Å². The van der Waals surface area contributed by atoms with E-state index in [0.29, 0.717) is 4.47 Å². The molecule has 56 valence electrons. The summed E-state index contributed by atoms with van der Waals surface area (Å²) in [5.41, 5.74) is 0.0214. The molecule has 0 fully saturated rings. The molecule has 0 amide bonds. The lowest BCUT2D eigenvalue weighted by Gasteiger charge is -1.94. The number of pyridine rings is 1. The molecule has 4 heteroatoms. The zero-order valence-electron chi connectivity index (χ0n) is 5.37. The average molecular weight is 269 g/mol. The summed E-state index contributed by atoms with van der Waals surface area (Å²) in [7, 11) is 1.87. The minimum atomic E-state index is 0. The molecule has 1 aromatic rings. The molecular formula is C6H7Br2NO. The summed E-state index contributed by atoms with van der Waals surface area (Å²) < 4.78 is 2.42. The predicted octanol–water partition coefficient (Wildman–Crippen LogP) is 1.73. The average Bonchev–Trinajstić information content (AvgIpc) is 1.80. The molecule has 0 unspecified atom stereocenters. The molecule has 2 nitrogen and oxygen atoms in total. The Hall–Kier alpha value is -0.0900. The van der Waals surface area contributed by atoms with Crippen LogP contribution in [0.5, 0.6) is 0 Å². The third kappa shape index (κ3) is 2.27. The zero-order chi connectivity index (χ0) is 6.85. The topological polar surface area (TPSA) is 22.0 Å². The van der Waals surface area contributed by atoms with E-state index in [1.54, 1.807) is 12.4 Å². The zero-order valence-corrected chi connectivity index (χ0v) is 8.67. The first-order chi connectivity index (χ1) is 4.20. The van der Waals surface area contributed by atoms with Crippen LogP contribution in [-0.2, 0) is 7.05 Å². The van der Waals surface area contributed by atoms with Gasteiger partial charge >= 0.3 is 0 Å². The van der Waals surface area contributed by atoms with Crippen molar-refractivity contribution < 1.29 is 0 Å². The van der Waals surface area contributed by atoms with Crippen molar-refractivity contribution in [2.75, 3.05) is 0 Å². The molecule has 0 saturated carbocycles. The van der Waals surface area contributed by atoms with Crippen molar-refractivity contribution in [3.8, 4) is 0 Å². The number of hydrogen-bond acceptors (Lipinski definition) is 1. The Labute approximate surface area is 77.8 Å². The molecule has 0 spiro atoms. The standard InChI is InChI=1S/C6H6BrNO.BrH/c1-8-3-2-6(9)5(7)4-8;/h2-4H,1H3;1H. The van der Waals surface area contributed by atoms with Gasteiger partial charge in [-0.1, -0.05) is 0 Å². The van der Waals surface area contributed by atoms with Crippen LogP contribution >= 0.6 is 32.9 Å². The van der Waals surface area contributed by atoms with Gasteiger partial charge in [0, 0.05) is 25.5 Å². The van der Waals surface area contributed by atoms with Crippen molar-refractivity contribution in [2.45, 2.75) is 0 Å². The van der Waals surface area contributed by atoms with E-state index in [2.05, 4.69) is 15.9 Å². The molecular weight excluding hydrogens is 262 g/mol. The second kappa shape index (κ2) is 3.93. The molecule has 0 aliphatic rings. The number of rotatable bonds is 0. The maximum Gasteiger partial charge on any atom is 0.195 e. The normalized spacial score (nSPS) is 8.60. The van der Waals surface area contributed by atoms with Gasteiger partial charge in [0.2, 0.25) is 0 Å². The third-order valence-electron chi connectivity index (χ3n) is 1.01. The first-order valence-electron chi connectivity index (χ1n) is 2.52. The van der Waals surface area contributed by atoms with Gasteiger partial charge in [0.25, 0.3) is 0 Å². The van der Waals surface area contributed by atoms with Crippen LogP contribution < -0.4 is 5.43 Å². The Morgan fingerprint density at radius 3 is 2.60 bits per heavy atom. The lowest BCUT2D eigenvalue weighted by atomic mass is 10.5. The van der Waals surface area contributed by atoms with Gasteiger partial charge in [-0.05, 0) is 15.9 Å². The number of nitrogens with zero attached hydrogens (tertiary/aromatic N) is 1. The molecule has 0 aromatic carbocycles. The molecule has 0 bridgehead atoms. The van der Waals surface area contributed by atoms with E-state index in [4.69, 9.17) is 0 Å². The van der Waals surface area contributed by atoms with E-state index in [1.165, 1.54) is 6.07 Å². The molecule has 0 saturated heterocycles. The highest BCUT2D eigenvalue weighted by molar-refractivity contribution is 9.10. The van der Waals surface area contributed by atoms with Crippen LogP contribution in [-0.4, -0.2) is 4.57 Å². The van der Waals surface area contributed by atoms with Crippen molar-refractivity contribution in [2.24, 2.45) is 7.05 Å². The molecule has 1 aromatic heterocycles. The van der Waals surface area contributed by atoms with Crippen LogP contribution in [0.25, 0.3) is 0 Å². The van der Waals surface area contributed by atoms with E-state index in [0.717, 1.165) is 0 Å². The minimum Gasteiger partial charge on any atom is -0.356 e. The summed E-state index contributed by atoms with van der Waals surface area (Å²) in [6.45, 7) is 0. The highest BCUT2D eigenvalue weighted by Gasteiger charge is 1.89. The van der Waals surface area contributed by atoms with Crippen LogP contribution in [0.3, 0.4) is 0 Å². The highest BCUT2D eigenvalue weighted by atomic mass is 79.9. The fraction of sp³-hybridized carbons (Fsp3) is 0.167. The minimum absolute atomic E-state index is 0. The maximum atomic E-state index is 10.7. The van der Waals surface area contributed by atoms with Gasteiger partial charge in [-0.2, -0.15) is 0 Å². The Morgan fingerprint density at radius 1 is 1.60 bits per heavy atom. The Kier molecular flexibility index (Phi) is 3.89. The summed E-state index contributed by atoms with van der Waals surface area (Å²) >= 11 is 3.11. The lowest BCUT2D eigenvalue weighted by molar-refractivity contribution is 0.894. The summed E-state index contributed by atoms with van der Waals surface area (Å²) in [5, 5.41) is 0. The van der Waals surface area contributed by atoms with Crippen molar-refractivity contribution in [1.29, 1.82) is 0 Å². The summed E-state index contributed by atoms with van der Waals surface area (Å²) in [6, 6.07) is 1.52. The lowest BCUT2D eigenvalue weighted by Crippen LogP contribution is -2.02. The fourth-order valence-electron chi connectivity index (χ4n) is 0.550. The summed E-state index contributed by atoms with van der Waals surface area (Å²) in [6.07, 6.45) is 3.44. The number of aryl methyl sites for hydroxylation is 1. The molecule has 0 aliphatic heterocycles. The van der Waals surface area contributed by atoms with Crippen LogP contribution in [0, 0.1) is 0 Å². The Morgan fingerprint density at radius 2 is 2.20 bits per heavy atom. The molecule has 0 N–H and O–H groups in total. The number of halogens is 2. The highest BCUT2D eigenvalue weighted by Crippen LogP contribution is 1.98. The van der Waals surface area contributed by atoms with Gasteiger partial charge in [0.1, 0.15) is 0 Å². The van der Waals surface area contributed by atoms with Crippen molar-refractivity contribution >= 4 is 32.9 Å². The smallest absolute Gasteiger partial charge is 0.195 e. The largest absolute Gasteiger partial charge is 0.356 e. The second-order valence-electron chi connectivity index (χ2n) is 1.82. The quantitative estimate of drug-likeness (QED) is 0.703. The Balaban J connectivity index is 0.000000810. The molecule has 0 atom stereocenters. The van der Waals surface area contributed by atoms with E-state index < -0.39 is 0 Å². The first kappa shape index (κ1) is 9.91.